The first-order valence-corrected chi connectivity index (χ1v) is 6.82. The Kier molecular flexibility index (Phi) is 6.30. The van der Waals surface area contributed by atoms with E-state index in [1.165, 1.54) is 0 Å². The van der Waals surface area contributed by atoms with Crippen LogP contribution >= 0.6 is 15.9 Å². The zero-order valence-electron chi connectivity index (χ0n) is 11.3. The predicted molar refractivity (Wildman–Crippen MR) is 79.1 cm³/mol. The summed E-state index contributed by atoms with van der Waals surface area (Å²) in [6.07, 6.45) is 0.0222. The van der Waals surface area contributed by atoms with Gasteiger partial charge in [0.15, 0.2) is 0 Å². The van der Waals surface area contributed by atoms with E-state index in [4.69, 9.17) is 9.84 Å². The van der Waals surface area contributed by atoms with Crippen molar-refractivity contribution < 1.29 is 19.4 Å². The Balaban J connectivity index is 2.46. The molecular formula is C13H17BrN2O4. The number of methoxy groups -OCH3 is 1. The molecule has 0 spiro atoms. The van der Waals surface area contributed by atoms with Gasteiger partial charge in [0.1, 0.15) is 5.75 Å². The third kappa shape index (κ3) is 5.48. The van der Waals surface area contributed by atoms with Gasteiger partial charge in [-0.1, -0.05) is 6.92 Å². The average Bonchev–Trinajstić information content (AvgIpc) is 2.36. The number of anilines is 1. The third-order valence-corrected chi connectivity index (χ3v) is 3.16. The van der Waals surface area contributed by atoms with Crippen molar-refractivity contribution >= 4 is 33.6 Å². The molecule has 1 aromatic rings. The molecule has 110 valence electrons. The lowest BCUT2D eigenvalue weighted by atomic mass is 10.1. The molecule has 6 nitrogen and oxygen atoms in total. The van der Waals surface area contributed by atoms with Crippen molar-refractivity contribution in [3.8, 4) is 5.75 Å². The van der Waals surface area contributed by atoms with E-state index >= 15 is 0 Å². The van der Waals surface area contributed by atoms with E-state index in [0.29, 0.717) is 18.0 Å². The third-order valence-electron chi connectivity index (χ3n) is 2.54. The number of hydrogen-bond acceptors (Lipinski definition) is 3. The Morgan fingerprint density at radius 3 is 2.70 bits per heavy atom. The molecule has 20 heavy (non-hydrogen) atoms. The molecule has 1 aromatic carbocycles. The number of aliphatic carboxylic acids is 1. The number of ether oxygens (including phenoxy) is 1. The maximum atomic E-state index is 11.7. The molecule has 1 rings (SSSR count). The van der Waals surface area contributed by atoms with Crippen LogP contribution in [0.15, 0.2) is 22.7 Å². The minimum atomic E-state index is -0.876. The number of halogens is 1. The monoisotopic (exact) mass is 344 g/mol. The molecule has 2 amide bonds. The lowest BCUT2D eigenvalue weighted by Gasteiger charge is -2.12. The Morgan fingerprint density at radius 2 is 2.15 bits per heavy atom. The maximum absolute atomic E-state index is 11.7. The Hall–Kier alpha value is -1.76. The molecular weight excluding hydrogens is 328 g/mol. The van der Waals surface area contributed by atoms with Crippen molar-refractivity contribution in [3.05, 3.63) is 22.7 Å². The van der Waals surface area contributed by atoms with Crippen LogP contribution in [0.5, 0.6) is 5.75 Å². The fraction of sp³-hybridized carbons (Fsp3) is 0.385. The standard InChI is InChI=1S/C13H17BrN2O4/c1-8(5-12(17)18)7-15-13(19)16-9-3-4-11(20-2)10(14)6-9/h3-4,6,8H,5,7H2,1-2H3,(H,17,18)(H2,15,16,19). The van der Waals surface area contributed by atoms with E-state index in [9.17, 15) is 9.59 Å². The van der Waals surface area contributed by atoms with Crippen LogP contribution in [0.2, 0.25) is 0 Å². The molecule has 0 saturated heterocycles. The molecule has 0 fully saturated rings. The minimum absolute atomic E-state index is 0.0222. The van der Waals surface area contributed by atoms with E-state index in [0.717, 1.165) is 4.47 Å². The second-order valence-corrected chi connectivity index (χ2v) is 5.24. The van der Waals surface area contributed by atoms with Crippen LogP contribution in [-0.2, 0) is 4.79 Å². The number of carbonyl (C=O) groups is 2. The molecule has 1 unspecified atom stereocenters. The second kappa shape index (κ2) is 7.74. The van der Waals surface area contributed by atoms with Crippen molar-refractivity contribution in [2.75, 3.05) is 19.0 Å². The predicted octanol–water partition coefficient (Wildman–Crippen LogP) is 2.69. The van der Waals surface area contributed by atoms with E-state index in [2.05, 4.69) is 26.6 Å². The van der Waals surface area contributed by atoms with Crippen LogP contribution in [-0.4, -0.2) is 30.8 Å². The Bertz CT molecular complexity index is 493. The van der Waals surface area contributed by atoms with Gasteiger partial charge in [-0.3, -0.25) is 4.79 Å². The summed E-state index contributed by atoms with van der Waals surface area (Å²) in [5.41, 5.74) is 0.612. The van der Waals surface area contributed by atoms with E-state index < -0.39 is 5.97 Å². The molecule has 0 aliphatic rings. The van der Waals surface area contributed by atoms with E-state index in [1.807, 2.05) is 0 Å². The zero-order valence-corrected chi connectivity index (χ0v) is 12.9. The molecule has 3 N–H and O–H groups in total. The van der Waals surface area contributed by atoms with Crippen molar-refractivity contribution in [3.63, 3.8) is 0 Å². The summed E-state index contributed by atoms with van der Waals surface area (Å²) in [6.45, 7) is 2.06. The lowest BCUT2D eigenvalue weighted by Crippen LogP contribution is -2.32. The zero-order chi connectivity index (χ0) is 15.1. The summed E-state index contributed by atoms with van der Waals surface area (Å²) in [7, 11) is 1.56. The SMILES string of the molecule is COc1ccc(NC(=O)NCC(C)CC(=O)O)cc1Br. The molecule has 0 aliphatic carbocycles. The summed E-state index contributed by atoms with van der Waals surface area (Å²) >= 11 is 3.32. The van der Waals surface area contributed by atoms with Crippen LogP contribution < -0.4 is 15.4 Å². The van der Waals surface area contributed by atoms with Crippen molar-refractivity contribution in [2.24, 2.45) is 5.92 Å². The summed E-state index contributed by atoms with van der Waals surface area (Å²) in [4.78, 5) is 22.2. The summed E-state index contributed by atoms with van der Waals surface area (Å²) in [6, 6.07) is 4.79. The molecule has 7 heteroatoms. The second-order valence-electron chi connectivity index (χ2n) is 4.39. The van der Waals surface area contributed by atoms with Crippen molar-refractivity contribution in [1.29, 1.82) is 0 Å². The number of urea groups is 1. The fourth-order valence-corrected chi connectivity index (χ4v) is 2.10. The van der Waals surface area contributed by atoms with Crippen molar-refractivity contribution in [1.82, 2.24) is 5.32 Å². The molecule has 0 heterocycles. The van der Waals surface area contributed by atoms with Gasteiger partial charge in [-0.25, -0.2) is 4.79 Å². The summed E-state index contributed by atoms with van der Waals surface area (Å²) in [5, 5.41) is 13.9. The number of carboxylic acid groups (broad SMARTS) is 1. The Labute approximate surface area is 125 Å². The number of amides is 2. The van der Waals surface area contributed by atoms with Gasteiger partial charge in [0.05, 0.1) is 11.6 Å². The highest BCUT2D eigenvalue weighted by Gasteiger charge is 2.10. The first-order chi connectivity index (χ1) is 9.42. The molecule has 0 aliphatic heterocycles. The van der Waals surface area contributed by atoms with Gasteiger partial charge in [0.25, 0.3) is 0 Å². The van der Waals surface area contributed by atoms with Gasteiger partial charge in [-0.15, -0.1) is 0 Å². The van der Waals surface area contributed by atoms with Crippen molar-refractivity contribution in [2.45, 2.75) is 13.3 Å². The van der Waals surface area contributed by atoms with Crippen LogP contribution in [0.25, 0.3) is 0 Å². The maximum Gasteiger partial charge on any atom is 0.319 e. The fourth-order valence-electron chi connectivity index (χ4n) is 1.56. The lowest BCUT2D eigenvalue weighted by molar-refractivity contribution is -0.137. The van der Waals surface area contributed by atoms with Crippen LogP contribution in [0, 0.1) is 5.92 Å². The molecule has 0 aromatic heterocycles. The van der Waals surface area contributed by atoms with Crippen LogP contribution in [0.3, 0.4) is 0 Å². The smallest absolute Gasteiger partial charge is 0.319 e. The molecule has 0 radical (unpaired) electrons. The largest absolute Gasteiger partial charge is 0.496 e. The van der Waals surface area contributed by atoms with Crippen LogP contribution in [0.4, 0.5) is 10.5 Å². The number of carbonyl (C=O) groups excluding carboxylic acids is 1. The highest BCUT2D eigenvalue weighted by atomic mass is 79.9. The molecule has 1 atom stereocenters. The normalized spacial score (nSPS) is 11.6. The van der Waals surface area contributed by atoms with Gasteiger partial charge < -0.3 is 20.5 Å². The van der Waals surface area contributed by atoms with Gasteiger partial charge in [-0.2, -0.15) is 0 Å². The van der Waals surface area contributed by atoms with E-state index in [1.54, 1.807) is 32.2 Å². The number of benzene rings is 1. The number of rotatable bonds is 6. The van der Waals surface area contributed by atoms with Gasteiger partial charge in [-0.05, 0) is 40.0 Å². The van der Waals surface area contributed by atoms with Gasteiger partial charge >= 0.3 is 12.0 Å². The summed E-state index contributed by atoms with van der Waals surface area (Å²) < 4.78 is 5.82. The average molecular weight is 345 g/mol. The Morgan fingerprint density at radius 1 is 1.45 bits per heavy atom. The number of hydrogen-bond donors (Lipinski definition) is 3. The highest BCUT2D eigenvalue weighted by molar-refractivity contribution is 9.10. The highest BCUT2D eigenvalue weighted by Crippen LogP contribution is 2.27. The molecule has 0 saturated carbocycles. The van der Waals surface area contributed by atoms with Gasteiger partial charge in [0.2, 0.25) is 0 Å². The van der Waals surface area contributed by atoms with E-state index in [-0.39, 0.29) is 18.4 Å². The first kappa shape index (κ1) is 16.3. The number of carboxylic acids is 1. The summed E-state index contributed by atoms with van der Waals surface area (Å²) in [5.74, 6) is -0.328. The quantitative estimate of drug-likeness (QED) is 0.740. The first-order valence-electron chi connectivity index (χ1n) is 6.02. The topological polar surface area (TPSA) is 87.7 Å². The number of nitrogens with one attached hydrogen (secondary N) is 2. The molecule has 0 bridgehead atoms. The minimum Gasteiger partial charge on any atom is -0.496 e. The van der Waals surface area contributed by atoms with Crippen LogP contribution in [0.1, 0.15) is 13.3 Å². The van der Waals surface area contributed by atoms with Gasteiger partial charge in [0, 0.05) is 18.7 Å².